The number of nitrogens with one attached hydrogen (secondary N) is 1. The summed E-state index contributed by atoms with van der Waals surface area (Å²) < 4.78 is 24.1. The van der Waals surface area contributed by atoms with E-state index in [1.54, 1.807) is 0 Å². The Labute approximate surface area is 82.3 Å². The van der Waals surface area contributed by atoms with Gasteiger partial charge in [-0.2, -0.15) is 0 Å². The molecule has 0 aromatic heterocycles. The minimum atomic E-state index is -3.66. The predicted molar refractivity (Wildman–Crippen MR) is 50.2 cm³/mol. The summed E-state index contributed by atoms with van der Waals surface area (Å²) in [6.45, 7) is 2.83. The minimum absolute atomic E-state index is 0.161. The normalized spacial score (nSPS) is 13.5. The van der Waals surface area contributed by atoms with Gasteiger partial charge in [0.2, 0.25) is 10.0 Å². The fraction of sp³-hybridized carbons (Fsp3) is 0.571. The van der Waals surface area contributed by atoms with E-state index in [1.807, 2.05) is 4.72 Å². The van der Waals surface area contributed by atoms with Crippen LogP contribution in [-0.2, 0) is 14.8 Å². The number of carbonyl (C=O) groups is 1. The molecule has 3 N–H and O–H groups in total. The van der Waals surface area contributed by atoms with E-state index in [0.29, 0.717) is 0 Å². The van der Waals surface area contributed by atoms with Crippen LogP contribution in [0.2, 0.25) is 0 Å². The molecule has 0 amide bonds. The predicted octanol–water partition coefficient (Wildman–Crippen LogP) is -1.07. The number of carboxylic acids is 1. The zero-order valence-electron chi connectivity index (χ0n) is 7.51. The summed E-state index contributed by atoms with van der Waals surface area (Å²) in [4.78, 5) is 10.5. The zero-order valence-corrected chi connectivity index (χ0v) is 8.33. The molecule has 0 radical (unpaired) electrons. The van der Waals surface area contributed by atoms with Gasteiger partial charge >= 0.3 is 5.97 Å². The third kappa shape index (κ3) is 4.95. The van der Waals surface area contributed by atoms with Gasteiger partial charge in [0, 0.05) is 6.61 Å². The summed E-state index contributed by atoms with van der Waals surface area (Å²) >= 11 is 0. The van der Waals surface area contributed by atoms with Crippen LogP contribution in [-0.4, -0.2) is 43.0 Å². The highest BCUT2D eigenvalue weighted by Gasteiger charge is 2.22. The molecule has 0 heterocycles. The van der Waals surface area contributed by atoms with Crippen LogP contribution in [0.15, 0.2) is 12.7 Å². The van der Waals surface area contributed by atoms with E-state index in [4.69, 9.17) is 10.2 Å². The van der Waals surface area contributed by atoms with E-state index in [2.05, 4.69) is 6.58 Å². The summed E-state index contributed by atoms with van der Waals surface area (Å²) in [6.07, 6.45) is 0.992. The van der Waals surface area contributed by atoms with Crippen LogP contribution in [0.3, 0.4) is 0 Å². The highest BCUT2D eigenvalue weighted by molar-refractivity contribution is 7.89. The van der Waals surface area contributed by atoms with Crippen LogP contribution < -0.4 is 4.72 Å². The number of aliphatic hydroxyl groups excluding tert-OH is 1. The Hall–Kier alpha value is -0.920. The highest BCUT2D eigenvalue weighted by Crippen LogP contribution is 1.96. The number of carboxylic acid groups (broad SMARTS) is 1. The lowest BCUT2D eigenvalue weighted by atomic mass is 10.2. The lowest BCUT2D eigenvalue weighted by molar-refractivity contribution is -0.139. The average Bonchev–Trinajstić information content (AvgIpc) is 2.02. The molecule has 1 atom stereocenters. The monoisotopic (exact) mass is 223 g/mol. The Kier molecular flexibility index (Phi) is 5.36. The fourth-order valence-corrected chi connectivity index (χ4v) is 1.84. The largest absolute Gasteiger partial charge is 0.480 e. The van der Waals surface area contributed by atoms with Crippen molar-refractivity contribution in [3.05, 3.63) is 12.7 Å². The van der Waals surface area contributed by atoms with E-state index in [0.717, 1.165) is 6.08 Å². The Morgan fingerprint density at radius 1 is 1.57 bits per heavy atom. The number of aliphatic carboxylic acids is 1. The first-order valence-electron chi connectivity index (χ1n) is 3.87. The van der Waals surface area contributed by atoms with Crippen molar-refractivity contribution in [2.24, 2.45) is 0 Å². The summed E-state index contributed by atoms with van der Waals surface area (Å²) in [6, 6.07) is -1.29. The average molecular weight is 223 g/mol. The molecule has 0 aromatic rings. The molecule has 0 saturated carbocycles. The number of sulfonamides is 1. The number of hydrogen-bond donors (Lipinski definition) is 3. The topological polar surface area (TPSA) is 104 Å². The third-order valence-corrected chi connectivity index (χ3v) is 2.69. The summed E-state index contributed by atoms with van der Waals surface area (Å²) in [5, 5.41) is 17.1. The molecule has 0 fully saturated rings. The van der Waals surface area contributed by atoms with Crippen LogP contribution in [0.4, 0.5) is 0 Å². The maximum atomic E-state index is 11.1. The van der Waals surface area contributed by atoms with Gasteiger partial charge in [-0.15, -0.1) is 6.58 Å². The van der Waals surface area contributed by atoms with Crippen LogP contribution in [0.5, 0.6) is 0 Å². The van der Waals surface area contributed by atoms with Gasteiger partial charge in [-0.25, -0.2) is 13.1 Å². The van der Waals surface area contributed by atoms with Gasteiger partial charge in [0.25, 0.3) is 0 Å². The first-order chi connectivity index (χ1) is 6.43. The number of hydrogen-bond acceptors (Lipinski definition) is 4. The van der Waals surface area contributed by atoms with Crippen LogP contribution in [0, 0.1) is 0 Å². The van der Waals surface area contributed by atoms with Crippen molar-refractivity contribution in [1.82, 2.24) is 4.72 Å². The first kappa shape index (κ1) is 13.1. The van der Waals surface area contributed by atoms with Gasteiger partial charge < -0.3 is 10.2 Å². The molecule has 0 aliphatic heterocycles. The van der Waals surface area contributed by atoms with E-state index < -0.39 is 28.6 Å². The molecule has 14 heavy (non-hydrogen) atoms. The molecule has 0 aliphatic rings. The summed E-state index contributed by atoms with van der Waals surface area (Å²) in [7, 11) is -3.66. The van der Waals surface area contributed by atoms with Crippen molar-refractivity contribution in [3.8, 4) is 0 Å². The summed E-state index contributed by atoms with van der Waals surface area (Å²) in [5.41, 5.74) is 0. The fourth-order valence-electron chi connectivity index (χ4n) is 0.782. The molecule has 0 aliphatic carbocycles. The molecule has 0 aromatic carbocycles. The Morgan fingerprint density at radius 3 is 2.50 bits per heavy atom. The van der Waals surface area contributed by atoms with E-state index in [9.17, 15) is 13.2 Å². The molecule has 0 unspecified atom stereocenters. The lowest BCUT2D eigenvalue weighted by Crippen LogP contribution is -2.42. The van der Waals surface area contributed by atoms with Crippen molar-refractivity contribution in [2.45, 2.75) is 12.5 Å². The van der Waals surface area contributed by atoms with Crippen LogP contribution in [0.1, 0.15) is 6.42 Å². The molecule has 7 heteroatoms. The zero-order chi connectivity index (χ0) is 11.2. The molecule has 0 spiro atoms. The quantitative estimate of drug-likeness (QED) is 0.477. The summed E-state index contributed by atoms with van der Waals surface area (Å²) in [5.74, 6) is -1.66. The van der Waals surface area contributed by atoms with Crippen LogP contribution >= 0.6 is 0 Å². The SMILES string of the molecule is C=CCS(=O)(=O)N[C@@H](CCO)C(=O)O. The highest BCUT2D eigenvalue weighted by atomic mass is 32.2. The van der Waals surface area contributed by atoms with Crippen molar-refractivity contribution >= 4 is 16.0 Å². The second-order valence-corrected chi connectivity index (χ2v) is 4.39. The van der Waals surface area contributed by atoms with Crippen molar-refractivity contribution in [1.29, 1.82) is 0 Å². The van der Waals surface area contributed by atoms with Gasteiger partial charge in [-0.1, -0.05) is 6.08 Å². The van der Waals surface area contributed by atoms with Crippen molar-refractivity contribution in [2.75, 3.05) is 12.4 Å². The van der Waals surface area contributed by atoms with Gasteiger partial charge in [0.15, 0.2) is 0 Å². The molecule has 0 saturated heterocycles. The van der Waals surface area contributed by atoms with Gasteiger partial charge in [-0.3, -0.25) is 4.79 Å². The maximum Gasteiger partial charge on any atom is 0.321 e. The lowest BCUT2D eigenvalue weighted by Gasteiger charge is -2.12. The third-order valence-electron chi connectivity index (χ3n) is 1.37. The Bertz CT molecular complexity index is 297. The first-order valence-corrected chi connectivity index (χ1v) is 5.52. The van der Waals surface area contributed by atoms with Crippen LogP contribution in [0.25, 0.3) is 0 Å². The molecule has 6 nitrogen and oxygen atoms in total. The van der Waals surface area contributed by atoms with Gasteiger partial charge in [0.1, 0.15) is 6.04 Å². The Balaban J connectivity index is 4.43. The molecule has 82 valence electrons. The maximum absolute atomic E-state index is 11.1. The number of aliphatic hydroxyl groups is 1. The van der Waals surface area contributed by atoms with Crippen molar-refractivity contribution < 1.29 is 23.4 Å². The second-order valence-electron chi connectivity index (χ2n) is 2.59. The molecule has 0 rings (SSSR count). The van der Waals surface area contributed by atoms with Gasteiger partial charge in [0.05, 0.1) is 5.75 Å². The second kappa shape index (κ2) is 5.74. The van der Waals surface area contributed by atoms with Gasteiger partial charge in [-0.05, 0) is 6.42 Å². The molecule has 0 bridgehead atoms. The minimum Gasteiger partial charge on any atom is -0.480 e. The van der Waals surface area contributed by atoms with E-state index in [1.165, 1.54) is 0 Å². The number of rotatable bonds is 7. The molecular weight excluding hydrogens is 210 g/mol. The Morgan fingerprint density at radius 2 is 2.14 bits per heavy atom. The molecular formula is C7H13NO5S. The standard InChI is InChI=1S/C7H13NO5S/c1-2-5-14(12,13)8-6(3-4-9)7(10)11/h2,6,8-9H,1,3-5H2,(H,10,11)/t6-/m0/s1. The van der Waals surface area contributed by atoms with E-state index in [-0.39, 0.29) is 12.2 Å². The smallest absolute Gasteiger partial charge is 0.321 e. The van der Waals surface area contributed by atoms with E-state index >= 15 is 0 Å². The van der Waals surface area contributed by atoms with Crippen molar-refractivity contribution in [3.63, 3.8) is 0 Å².